The molecule has 4 N–H and O–H groups in total. The van der Waals surface area contributed by atoms with Crippen molar-refractivity contribution in [3.63, 3.8) is 0 Å². The summed E-state index contributed by atoms with van der Waals surface area (Å²) in [5.41, 5.74) is 6.70. The molecule has 0 aliphatic carbocycles. The van der Waals surface area contributed by atoms with E-state index in [9.17, 15) is 14.4 Å². The highest BCUT2D eigenvalue weighted by atomic mass is 127. The SMILES string of the molecule is C.C.C=C(C)C(=O)NCCCN(C)C.C=C(C)C(=O)OC.C=C(C)C(=O)OCCN(C)C.CN(C)CCCN.CN(C)CCO.I. The number of hydrogen-bond donors (Lipinski definition) is 3. The first kappa shape index (κ1) is 62.9. The monoisotopic (exact) mass is 778 g/mol. The number of halogens is 1. The summed E-state index contributed by atoms with van der Waals surface area (Å²) in [5, 5.41) is 11.0. The van der Waals surface area contributed by atoms with Gasteiger partial charge >= 0.3 is 11.9 Å². The van der Waals surface area contributed by atoms with Gasteiger partial charge in [-0.25, -0.2) is 9.59 Å². The van der Waals surface area contributed by atoms with E-state index in [1.54, 1.807) is 20.8 Å². The van der Waals surface area contributed by atoms with E-state index in [1.165, 1.54) is 7.11 Å². The highest BCUT2D eigenvalue weighted by Crippen LogP contribution is 1.91. The number of ether oxygens (including phenoxy) is 2. The molecule has 0 spiro atoms. The van der Waals surface area contributed by atoms with Gasteiger partial charge in [0.1, 0.15) is 6.61 Å². The van der Waals surface area contributed by atoms with Crippen LogP contribution < -0.4 is 11.1 Å². The van der Waals surface area contributed by atoms with E-state index in [4.69, 9.17) is 15.6 Å². The Labute approximate surface area is 301 Å². The van der Waals surface area contributed by atoms with Gasteiger partial charge in [0.15, 0.2) is 0 Å². The van der Waals surface area contributed by atoms with E-state index >= 15 is 0 Å². The maximum Gasteiger partial charge on any atom is 0.333 e. The summed E-state index contributed by atoms with van der Waals surface area (Å²) in [6.07, 6.45) is 2.08. The Morgan fingerprint density at radius 3 is 1.30 bits per heavy atom. The normalized spacial score (nSPS) is 9.00. The molecule has 0 atom stereocenters. The minimum absolute atomic E-state index is 0. The lowest BCUT2D eigenvalue weighted by Crippen LogP contribution is -2.27. The summed E-state index contributed by atoms with van der Waals surface area (Å²) in [5.74, 6) is -0.708. The number of esters is 2. The second-order valence-electron chi connectivity index (χ2n) is 10.7. The number of rotatable bonds is 15. The molecule has 0 fully saturated rings. The summed E-state index contributed by atoms with van der Waals surface area (Å²) in [4.78, 5) is 40.0. The Kier molecular flexibility index (Phi) is 61.8. The Bertz CT molecular complexity index is 748. The Morgan fingerprint density at radius 2 is 1.09 bits per heavy atom. The van der Waals surface area contributed by atoms with Gasteiger partial charge in [-0.2, -0.15) is 0 Å². The van der Waals surface area contributed by atoms with Crippen molar-refractivity contribution in [2.24, 2.45) is 5.73 Å². The zero-order valence-corrected chi connectivity index (χ0v) is 32.3. The number of hydrogen-bond acceptors (Lipinski definition) is 11. The average molecular weight is 779 g/mol. The largest absolute Gasteiger partial charge is 0.466 e. The highest BCUT2D eigenvalue weighted by molar-refractivity contribution is 14.0. The lowest BCUT2D eigenvalue weighted by atomic mass is 10.3. The van der Waals surface area contributed by atoms with Gasteiger partial charge < -0.3 is 45.2 Å². The second-order valence-corrected chi connectivity index (χ2v) is 10.7. The zero-order valence-electron chi connectivity index (χ0n) is 30.0. The lowest BCUT2D eigenvalue weighted by Gasteiger charge is -2.09. The van der Waals surface area contributed by atoms with Gasteiger partial charge in [-0.1, -0.05) is 34.6 Å². The third-order valence-electron chi connectivity index (χ3n) is 4.47. The van der Waals surface area contributed by atoms with Crippen molar-refractivity contribution in [2.45, 2.75) is 48.5 Å². The number of nitrogens with two attached hydrogens (primary N) is 1. The van der Waals surface area contributed by atoms with Crippen molar-refractivity contribution in [2.75, 3.05) is 116 Å². The fraction of sp³-hybridized carbons (Fsp3) is 0.727. The quantitative estimate of drug-likeness (QED) is 0.0977. The smallest absolute Gasteiger partial charge is 0.333 e. The highest BCUT2D eigenvalue weighted by Gasteiger charge is 2.02. The molecule has 0 aliphatic heterocycles. The van der Waals surface area contributed by atoms with E-state index in [-0.39, 0.29) is 63.3 Å². The Balaban J connectivity index is -0.0000000660. The van der Waals surface area contributed by atoms with Crippen molar-refractivity contribution in [1.82, 2.24) is 24.9 Å². The first-order chi connectivity index (χ1) is 19.8. The van der Waals surface area contributed by atoms with Gasteiger partial charge in [0.05, 0.1) is 13.7 Å². The van der Waals surface area contributed by atoms with Gasteiger partial charge in [0.2, 0.25) is 5.91 Å². The molecule has 0 unspecified atom stereocenters. The van der Waals surface area contributed by atoms with Crippen LogP contribution in [0.5, 0.6) is 0 Å². The molecule has 0 aromatic rings. The van der Waals surface area contributed by atoms with Crippen LogP contribution >= 0.6 is 24.0 Å². The van der Waals surface area contributed by atoms with E-state index in [1.807, 2.05) is 52.1 Å². The van der Waals surface area contributed by atoms with Gasteiger partial charge in [-0.3, -0.25) is 4.79 Å². The van der Waals surface area contributed by atoms with Crippen LogP contribution in [0.15, 0.2) is 36.5 Å². The molecule has 0 rings (SSSR count). The number of amides is 1. The number of likely N-dealkylation sites (N-methyl/N-ethyl adjacent to an activating group) is 2. The minimum Gasteiger partial charge on any atom is -0.466 e. The Morgan fingerprint density at radius 1 is 0.696 bits per heavy atom. The van der Waals surface area contributed by atoms with Crippen LogP contribution in [-0.4, -0.2) is 159 Å². The van der Waals surface area contributed by atoms with E-state index in [2.05, 4.69) is 53.7 Å². The van der Waals surface area contributed by atoms with Gasteiger partial charge in [0.25, 0.3) is 0 Å². The molecule has 0 radical (unpaired) electrons. The molecule has 0 saturated heterocycles. The molecule has 13 heteroatoms. The van der Waals surface area contributed by atoms with Gasteiger partial charge in [0, 0.05) is 36.4 Å². The van der Waals surface area contributed by atoms with Crippen LogP contribution in [0, 0.1) is 0 Å². The lowest BCUT2D eigenvalue weighted by molar-refractivity contribution is -0.139. The summed E-state index contributed by atoms with van der Waals surface area (Å²) >= 11 is 0. The second kappa shape index (κ2) is 45.2. The zero-order chi connectivity index (χ0) is 35.0. The van der Waals surface area contributed by atoms with Crippen LogP contribution in [-0.2, 0) is 23.9 Å². The molecular formula is C33H75IN6O6. The third kappa shape index (κ3) is 69.0. The van der Waals surface area contributed by atoms with Crippen molar-refractivity contribution >= 4 is 41.8 Å². The summed E-state index contributed by atoms with van der Waals surface area (Å²) in [7, 11) is 17.2. The van der Waals surface area contributed by atoms with Crippen molar-refractivity contribution in [1.29, 1.82) is 0 Å². The molecule has 0 heterocycles. The summed E-state index contributed by atoms with van der Waals surface area (Å²) in [6.45, 7) is 21.1. The first-order valence-corrected chi connectivity index (χ1v) is 14.2. The third-order valence-corrected chi connectivity index (χ3v) is 4.47. The minimum atomic E-state index is -0.347. The molecule has 12 nitrogen and oxygen atoms in total. The number of nitrogens with one attached hydrogen (secondary N) is 1. The average Bonchev–Trinajstić information content (AvgIpc) is 2.90. The molecular weight excluding hydrogens is 703 g/mol. The predicted octanol–water partition coefficient (Wildman–Crippen LogP) is 3.36. The molecule has 0 aliphatic rings. The van der Waals surface area contributed by atoms with Crippen LogP contribution in [0.1, 0.15) is 48.5 Å². The number of carbonyl (C=O) groups is 3. The molecule has 0 bridgehead atoms. The van der Waals surface area contributed by atoms with E-state index in [0.29, 0.717) is 23.3 Å². The molecule has 1 amide bonds. The molecule has 0 aromatic carbocycles. The fourth-order valence-corrected chi connectivity index (χ4v) is 1.97. The molecule has 46 heavy (non-hydrogen) atoms. The fourth-order valence-electron chi connectivity index (χ4n) is 1.97. The molecule has 0 aromatic heterocycles. The maximum absolute atomic E-state index is 11.0. The number of nitrogens with zero attached hydrogens (tertiary/aromatic N) is 4. The summed E-state index contributed by atoms with van der Waals surface area (Å²) < 4.78 is 9.11. The van der Waals surface area contributed by atoms with Crippen LogP contribution in [0.3, 0.4) is 0 Å². The Hall–Kier alpha value is -1.88. The van der Waals surface area contributed by atoms with Crippen LogP contribution in [0.25, 0.3) is 0 Å². The number of aliphatic hydroxyl groups excluding tert-OH is 1. The standard InChI is InChI=1S/C9H18N2O.C8H15NO2.C5H14N2.C5H8O2.C4H11NO.2CH4.HI/c1-8(2)9(12)10-6-5-7-11(3)4;1-7(2)8(10)11-6-5-9(3)4;1-7(2)5-3-4-6;1-4(2)5(6)7-3;1-5(2)3-4-6;;;/h1,5-7H2,2-4H3,(H,10,12);1,5-6H2,2-4H3;3-6H2,1-2H3;1H2,2-3H3;6H,3-4H2,1-2H3;2*1H4;1H. The number of methoxy groups -OCH3 is 1. The molecule has 0 saturated carbocycles. The first-order valence-electron chi connectivity index (χ1n) is 14.2. The maximum atomic E-state index is 11.0. The summed E-state index contributed by atoms with van der Waals surface area (Å²) in [6, 6.07) is 0. The van der Waals surface area contributed by atoms with Crippen LogP contribution in [0.4, 0.5) is 0 Å². The van der Waals surface area contributed by atoms with Gasteiger partial charge in [-0.15, -0.1) is 24.0 Å². The van der Waals surface area contributed by atoms with E-state index in [0.717, 1.165) is 52.1 Å². The van der Waals surface area contributed by atoms with E-state index < -0.39 is 0 Å². The number of aliphatic hydroxyl groups is 1. The molecule has 280 valence electrons. The van der Waals surface area contributed by atoms with Crippen molar-refractivity contribution < 1.29 is 29.0 Å². The van der Waals surface area contributed by atoms with Crippen LogP contribution in [0.2, 0.25) is 0 Å². The predicted molar refractivity (Wildman–Crippen MR) is 209 cm³/mol. The topological polar surface area (TPSA) is 141 Å². The van der Waals surface area contributed by atoms with Crippen molar-refractivity contribution in [3.05, 3.63) is 36.5 Å². The van der Waals surface area contributed by atoms with Gasteiger partial charge in [-0.05, 0) is 110 Å². The number of carbonyl (C=O) groups excluding carboxylic acids is 3. The van der Waals surface area contributed by atoms with Crippen molar-refractivity contribution in [3.8, 4) is 0 Å².